The van der Waals surface area contributed by atoms with Gasteiger partial charge in [0, 0.05) is 26.3 Å². The van der Waals surface area contributed by atoms with E-state index in [9.17, 15) is 14.4 Å². The van der Waals surface area contributed by atoms with Crippen LogP contribution in [0, 0.1) is 27.6 Å². The van der Waals surface area contributed by atoms with E-state index in [0.29, 0.717) is 28.4 Å². The highest BCUT2D eigenvalue weighted by molar-refractivity contribution is 14.1. The number of methoxy groups -OCH3 is 1. The van der Waals surface area contributed by atoms with Crippen molar-refractivity contribution in [3.63, 3.8) is 0 Å². The van der Waals surface area contributed by atoms with Gasteiger partial charge in [0.05, 0.1) is 7.11 Å². The Hall–Kier alpha value is -2.89. The third-order valence-corrected chi connectivity index (χ3v) is 6.23. The number of hydrogen-bond acceptors (Lipinski definition) is 3. The van der Waals surface area contributed by atoms with E-state index >= 15 is 0 Å². The topological polar surface area (TPSA) is 62.1 Å². The summed E-state index contributed by atoms with van der Waals surface area (Å²) in [5.41, 5.74) is 3.56. The van der Waals surface area contributed by atoms with E-state index in [1.807, 2.05) is 18.2 Å². The lowest BCUT2D eigenvalue weighted by atomic mass is 10.0. The highest BCUT2D eigenvalue weighted by atomic mass is 127. The van der Waals surface area contributed by atoms with Crippen LogP contribution >= 0.6 is 34.2 Å². The van der Waals surface area contributed by atoms with Crippen molar-refractivity contribution >= 4 is 51.9 Å². The first kappa shape index (κ1) is 23.8. The van der Waals surface area contributed by atoms with Gasteiger partial charge in [0.25, 0.3) is 5.91 Å². The van der Waals surface area contributed by atoms with Crippen LogP contribution in [0.5, 0.6) is 5.75 Å². The summed E-state index contributed by atoms with van der Waals surface area (Å²) in [5, 5.41) is 12.8. The highest BCUT2D eigenvalue weighted by Gasteiger charge is 2.15. The molecule has 0 aromatic heterocycles. The molecule has 3 rings (SSSR count). The summed E-state index contributed by atoms with van der Waals surface area (Å²) in [7, 11) is 1.55. The van der Waals surface area contributed by atoms with Crippen molar-refractivity contribution in [3.8, 4) is 11.8 Å². The van der Waals surface area contributed by atoms with Crippen LogP contribution in [0.25, 0.3) is 6.08 Å². The number of halogens is 3. The Balaban J connectivity index is 1.90. The van der Waals surface area contributed by atoms with Gasteiger partial charge in [0.15, 0.2) is 0 Å². The van der Waals surface area contributed by atoms with Gasteiger partial charge in [0.2, 0.25) is 0 Å². The largest absolute Gasteiger partial charge is 0.496 e. The molecule has 0 heterocycles. The molecule has 0 aliphatic rings. The summed E-state index contributed by atoms with van der Waals surface area (Å²) in [6.45, 7) is 1.79. The maximum absolute atomic E-state index is 13.6. The SMILES string of the molecule is COc1cc(/C=C(\C#N)C(=O)Nc2cccc(Cl)c2C)cc(I)c1Cc1cccc(F)c1. The fourth-order valence-corrected chi connectivity index (χ4v) is 4.16. The fraction of sp³-hybridized carbons (Fsp3) is 0.120. The van der Waals surface area contributed by atoms with Crippen LogP contribution in [0.15, 0.2) is 60.2 Å². The maximum Gasteiger partial charge on any atom is 0.266 e. The standard InChI is InChI=1S/C25H19ClFIN2O2/c1-15-21(26)7-4-8-23(15)30-25(31)18(14-29)9-17-12-22(28)20(24(13-17)32-2)11-16-5-3-6-19(27)10-16/h3-10,12-13H,11H2,1-2H3,(H,30,31)/b18-9+. The summed E-state index contributed by atoms with van der Waals surface area (Å²) >= 11 is 8.28. The molecule has 1 amide bonds. The number of benzene rings is 3. The Morgan fingerprint density at radius 1 is 1.25 bits per heavy atom. The van der Waals surface area contributed by atoms with E-state index in [1.54, 1.807) is 44.4 Å². The lowest BCUT2D eigenvalue weighted by Gasteiger charge is -2.13. The quantitative estimate of drug-likeness (QED) is 0.212. The van der Waals surface area contributed by atoms with Crippen molar-refractivity contribution < 1.29 is 13.9 Å². The van der Waals surface area contributed by atoms with E-state index in [2.05, 4.69) is 27.9 Å². The molecule has 0 atom stereocenters. The summed E-state index contributed by atoms with van der Waals surface area (Å²) in [6.07, 6.45) is 1.99. The molecule has 1 N–H and O–H groups in total. The molecule has 0 spiro atoms. The zero-order valence-electron chi connectivity index (χ0n) is 17.4. The second kappa shape index (κ2) is 10.6. The molecule has 0 saturated carbocycles. The van der Waals surface area contributed by atoms with Crippen LogP contribution in [0.2, 0.25) is 5.02 Å². The molecule has 162 valence electrons. The van der Waals surface area contributed by atoms with Gasteiger partial charge in [-0.2, -0.15) is 5.26 Å². The molecule has 0 saturated heterocycles. The van der Waals surface area contributed by atoms with E-state index in [-0.39, 0.29) is 11.4 Å². The van der Waals surface area contributed by atoms with Crippen molar-refractivity contribution in [1.29, 1.82) is 5.26 Å². The fourth-order valence-electron chi connectivity index (χ4n) is 3.17. The molecule has 0 unspecified atom stereocenters. The number of rotatable bonds is 6. The molecule has 3 aromatic carbocycles. The number of carbonyl (C=O) groups excluding carboxylic acids is 1. The monoisotopic (exact) mass is 560 g/mol. The van der Waals surface area contributed by atoms with Gasteiger partial charge >= 0.3 is 0 Å². The molecule has 32 heavy (non-hydrogen) atoms. The van der Waals surface area contributed by atoms with Crippen LogP contribution in [0.3, 0.4) is 0 Å². The van der Waals surface area contributed by atoms with Gasteiger partial charge in [-0.05, 0) is 88.7 Å². The normalized spacial score (nSPS) is 11.1. The van der Waals surface area contributed by atoms with Crippen LogP contribution in [-0.2, 0) is 11.2 Å². The Morgan fingerprint density at radius 2 is 2.00 bits per heavy atom. The van der Waals surface area contributed by atoms with Crippen molar-refractivity contribution in [2.24, 2.45) is 0 Å². The van der Waals surface area contributed by atoms with Crippen molar-refractivity contribution in [3.05, 3.63) is 96.8 Å². The van der Waals surface area contributed by atoms with E-state index in [1.165, 1.54) is 18.2 Å². The molecule has 0 radical (unpaired) electrons. The molecule has 0 aliphatic carbocycles. The first-order valence-electron chi connectivity index (χ1n) is 9.61. The molecule has 3 aromatic rings. The number of ether oxygens (including phenoxy) is 1. The third-order valence-electron chi connectivity index (χ3n) is 4.86. The minimum atomic E-state index is -0.532. The van der Waals surface area contributed by atoms with Crippen molar-refractivity contribution in [2.45, 2.75) is 13.3 Å². The number of carbonyl (C=O) groups is 1. The van der Waals surface area contributed by atoms with Crippen LogP contribution in [0.1, 0.15) is 22.3 Å². The predicted molar refractivity (Wildman–Crippen MR) is 133 cm³/mol. The number of nitrogens with zero attached hydrogens (tertiary/aromatic N) is 1. The minimum Gasteiger partial charge on any atom is -0.496 e. The van der Waals surface area contributed by atoms with E-state index in [4.69, 9.17) is 16.3 Å². The van der Waals surface area contributed by atoms with Gasteiger partial charge in [-0.15, -0.1) is 0 Å². The number of nitriles is 1. The smallest absolute Gasteiger partial charge is 0.266 e. The first-order chi connectivity index (χ1) is 15.3. The predicted octanol–water partition coefficient (Wildman–Crippen LogP) is 6.54. The molecule has 4 nitrogen and oxygen atoms in total. The Morgan fingerprint density at radius 3 is 2.69 bits per heavy atom. The highest BCUT2D eigenvalue weighted by Crippen LogP contribution is 2.30. The van der Waals surface area contributed by atoms with E-state index in [0.717, 1.165) is 20.3 Å². The molecule has 0 aliphatic heterocycles. The summed E-state index contributed by atoms with van der Waals surface area (Å²) in [5.74, 6) is -0.234. The van der Waals surface area contributed by atoms with Gasteiger partial charge in [0.1, 0.15) is 23.2 Å². The van der Waals surface area contributed by atoms with Gasteiger partial charge in [-0.1, -0.05) is 29.8 Å². The van der Waals surface area contributed by atoms with Gasteiger partial charge < -0.3 is 10.1 Å². The molecular weight excluding hydrogens is 542 g/mol. The number of hydrogen-bond donors (Lipinski definition) is 1. The zero-order chi connectivity index (χ0) is 23.3. The van der Waals surface area contributed by atoms with Gasteiger partial charge in [-0.3, -0.25) is 4.79 Å². The summed E-state index contributed by atoms with van der Waals surface area (Å²) in [4.78, 5) is 12.7. The molecule has 0 bridgehead atoms. The van der Waals surface area contributed by atoms with E-state index < -0.39 is 5.91 Å². The lowest BCUT2D eigenvalue weighted by molar-refractivity contribution is -0.112. The van der Waals surface area contributed by atoms with Crippen LogP contribution < -0.4 is 10.1 Å². The Kier molecular flexibility index (Phi) is 7.89. The molecular formula is C25H19ClFIN2O2. The first-order valence-corrected chi connectivity index (χ1v) is 11.1. The number of anilines is 1. The van der Waals surface area contributed by atoms with Crippen LogP contribution in [0.4, 0.5) is 10.1 Å². The number of nitrogens with one attached hydrogen (secondary N) is 1. The van der Waals surface area contributed by atoms with Crippen molar-refractivity contribution in [1.82, 2.24) is 0 Å². The van der Waals surface area contributed by atoms with Crippen LogP contribution in [-0.4, -0.2) is 13.0 Å². The Labute approximate surface area is 204 Å². The van der Waals surface area contributed by atoms with Gasteiger partial charge in [-0.25, -0.2) is 4.39 Å². The molecule has 0 fully saturated rings. The third kappa shape index (κ3) is 5.67. The number of amides is 1. The minimum absolute atomic E-state index is 0.0555. The van der Waals surface area contributed by atoms with Crippen molar-refractivity contribution in [2.75, 3.05) is 12.4 Å². The second-order valence-electron chi connectivity index (χ2n) is 7.03. The summed E-state index contributed by atoms with van der Waals surface area (Å²) < 4.78 is 20.0. The second-order valence-corrected chi connectivity index (χ2v) is 8.60. The lowest BCUT2D eigenvalue weighted by Crippen LogP contribution is -2.14. The zero-order valence-corrected chi connectivity index (χ0v) is 20.3. The summed E-state index contributed by atoms with van der Waals surface area (Å²) in [6, 6.07) is 17.1. The Bertz CT molecular complexity index is 1250. The average molecular weight is 561 g/mol. The molecule has 7 heteroatoms. The maximum atomic E-state index is 13.6. The average Bonchev–Trinajstić information content (AvgIpc) is 2.76.